The monoisotopic (exact) mass is 275 g/mol. The van der Waals surface area contributed by atoms with Gasteiger partial charge < -0.3 is 14.6 Å². The number of carboxylic acids is 1. The van der Waals surface area contributed by atoms with Crippen molar-refractivity contribution >= 4 is 17.0 Å². The Hall–Kier alpha value is -1.88. The van der Waals surface area contributed by atoms with E-state index in [9.17, 15) is 9.90 Å². The molecule has 5 heteroatoms. The van der Waals surface area contributed by atoms with Crippen LogP contribution in [0.2, 0.25) is 0 Å². The van der Waals surface area contributed by atoms with Crippen LogP contribution < -0.4 is 0 Å². The number of aromatic nitrogens is 2. The molecular weight excluding hydrogens is 254 g/mol. The highest BCUT2D eigenvalue weighted by molar-refractivity contribution is 6.01. The number of rotatable bonds is 6. The van der Waals surface area contributed by atoms with Gasteiger partial charge in [0.25, 0.3) is 0 Å². The third-order valence-electron chi connectivity index (χ3n) is 3.91. The van der Waals surface area contributed by atoms with Gasteiger partial charge >= 0.3 is 5.97 Å². The van der Waals surface area contributed by atoms with Crippen LogP contribution in [0.25, 0.3) is 11.0 Å². The highest BCUT2D eigenvalue weighted by Gasteiger charge is 2.14. The number of fused-ring (bicyclic) bond motifs is 1. The summed E-state index contributed by atoms with van der Waals surface area (Å²) in [7, 11) is 2.09. The van der Waals surface area contributed by atoms with Crippen molar-refractivity contribution in [1.29, 1.82) is 0 Å². The molecule has 0 bridgehead atoms. The first-order chi connectivity index (χ1) is 9.54. The summed E-state index contributed by atoms with van der Waals surface area (Å²) in [5, 5.41) is 9.28. The minimum absolute atomic E-state index is 0.311. The van der Waals surface area contributed by atoms with Crippen molar-refractivity contribution in [2.45, 2.75) is 32.9 Å². The Morgan fingerprint density at radius 1 is 1.50 bits per heavy atom. The van der Waals surface area contributed by atoms with E-state index >= 15 is 0 Å². The third-order valence-corrected chi connectivity index (χ3v) is 3.91. The van der Waals surface area contributed by atoms with Gasteiger partial charge in [0.05, 0.1) is 22.9 Å². The van der Waals surface area contributed by atoms with Crippen LogP contribution in [0, 0.1) is 0 Å². The normalized spacial score (nSPS) is 13.0. The zero-order chi connectivity index (χ0) is 14.7. The first-order valence-electron chi connectivity index (χ1n) is 6.92. The van der Waals surface area contributed by atoms with Crippen LogP contribution in [0.3, 0.4) is 0 Å². The van der Waals surface area contributed by atoms with Gasteiger partial charge in [-0.1, -0.05) is 13.0 Å². The molecule has 1 unspecified atom stereocenters. The molecule has 1 aromatic carbocycles. The van der Waals surface area contributed by atoms with Gasteiger partial charge in [-0.3, -0.25) is 0 Å². The number of likely N-dealkylation sites (N-methyl/N-ethyl adjacent to an activating group) is 1. The molecule has 1 heterocycles. The number of nitrogens with zero attached hydrogens (tertiary/aromatic N) is 3. The zero-order valence-electron chi connectivity index (χ0n) is 12.2. The Labute approximate surface area is 118 Å². The summed E-state index contributed by atoms with van der Waals surface area (Å²) in [6.07, 6.45) is 2.82. The van der Waals surface area contributed by atoms with Crippen molar-refractivity contribution in [2.24, 2.45) is 0 Å². The molecule has 0 spiro atoms. The summed E-state index contributed by atoms with van der Waals surface area (Å²) in [6.45, 7) is 5.96. The van der Waals surface area contributed by atoms with Crippen molar-refractivity contribution in [3.63, 3.8) is 0 Å². The molecule has 0 aliphatic carbocycles. The number of aromatic carboxylic acids is 1. The minimum atomic E-state index is -0.910. The van der Waals surface area contributed by atoms with Crippen LogP contribution in [-0.2, 0) is 6.54 Å². The Balaban J connectivity index is 2.25. The number of benzene rings is 1. The number of para-hydroxylation sites is 1. The number of carbonyl (C=O) groups is 1. The fourth-order valence-electron chi connectivity index (χ4n) is 2.27. The highest BCUT2D eigenvalue weighted by atomic mass is 16.4. The summed E-state index contributed by atoms with van der Waals surface area (Å²) < 4.78 is 1.93. The molecular formula is C15H21N3O2. The maximum atomic E-state index is 11.3. The Morgan fingerprint density at radius 3 is 2.90 bits per heavy atom. The van der Waals surface area contributed by atoms with Crippen molar-refractivity contribution in [3.8, 4) is 0 Å². The van der Waals surface area contributed by atoms with Gasteiger partial charge in [0.15, 0.2) is 0 Å². The maximum Gasteiger partial charge on any atom is 0.337 e. The Bertz CT molecular complexity index is 606. The largest absolute Gasteiger partial charge is 0.478 e. The SMILES string of the molecule is CCC(C)N(C)CCn1cnc2cccc(C(=O)O)c21. The van der Waals surface area contributed by atoms with Crippen LogP contribution in [0.1, 0.15) is 30.6 Å². The van der Waals surface area contributed by atoms with E-state index in [1.165, 1.54) is 0 Å². The van der Waals surface area contributed by atoms with Gasteiger partial charge in [0, 0.05) is 19.1 Å². The number of carboxylic acid groups (broad SMARTS) is 1. The average Bonchev–Trinajstić information content (AvgIpc) is 2.86. The number of hydrogen-bond acceptors (Lipinski definition) is 3. The van der Waals surface area contributed by atoms with E-state index in [-0.39, 0.29) is 0 Å². The first-order valence-corrected chi connectivity index (χ1v) is 6.92. The molecule has 5 nitrogen and oxygen atoms in total. The number of imidazole rings is 1. The molecule has 1 atom stereocenters. The van der Waals surface area contributed by atoms with Gasteiger partial charge in [-0.15, -0.1) is 0 Å². The predicted octanol–water partition coefficient (Wildman–Crippen LogP) is 2.46. The van der Waals surface area contributed by atoms with Crippen molar-refractivity contribution in [2.75, 3.05) is 13.6 Å². The first kappa shape index (κ1) is 14.5. The molecule has 0 saturated carbocycles. The van der Waals surface area contributed by atoms with E-state index in [0.29, 0.717) is 17.1 Å². The highest BCUT2D eigenvalue weighted by Crippen LogP contribution is 2.18. The summed E-state index contributed by atoms with van der Waals surface area (Å²) in [4.78, 5) is 17.9. The lowest BCUT2D eigenvalue weighted by Gasteiger charge is -2.23. The quantitative estimate of drug-likeness (QED) is 0.880. The molecule has 0 saturated heterocycles. The topological polar surface area (TPSA) is 58.4 Å². The van der Waals surface area contributed by atoms with Crippen molar-refractivity contribution in [3.05, 3.63) is 30.1 Å². The molecule has 1 N–H and O–H groups in total. The lowest BCUT2D eigenvalue weighted by atomic mass is 10.2. The van der Waals surface area contributed by atoms with Gasteiger partial charge in [-0.2, -0.15) is 0 Å². The summed E-state index contributed by atoms with van der Waals surface area (Å²) in [6, 6.07) is 5.72. The van der Waals surface area contributed by atoms with Crippen LogP contribution in [0.4, 0.5) is 0 Å². The fraction of sp³-hybridized carbons (Fsp3) is 0.467. The van der Waals surface area contributed by atoms with Crippen molar-refractivity contribution < 1.29 is 9.90 Å². The molecule has 2 aromatic rings. The second-order valence-electron chi connectivity index (χ2n) is 5.15. The molecule has 108 valence electrons. The van der Waals surface area contributed by atoms with Gasteiger partial charge in [0.1, 0.15) is 0 Å². The standard InChI is InChI=1S/C15H21N3O2/c1-4-11(2)17(3)8-9-18-10-16-13-7-5-6-12(14(13)18)15(19)20/h5-7,10-11H,4,8-9H2,1-3H3,(H,19,20). The van der Waals surface area contributed by atoms with Gasteiger partial charge in [-0.25, -0.2) is 9.78 Å². The second-order valence-corrected chi connectivity index (χ2v) is 5.15. The molecule has 0 aliphatic rings. The molecule has 2 rings (SSSR count). The van der Waals surface area contributed by atoms with E-state index in [1.54, 1.807) is 18.5 Å². The van der Waals surface area contributed by atoms with Gasteiger partial charge in [-0.05, 0) is 32.5 Å². The second kappa shape index (κ2) is 6.05. The maximum absolute atomic E-state index is 11.3. The van der Waals surface area contributed by atoms with E-state index < -0.39 is 5.97 Å². The Morgan fingerprint density at radius 2 is 2.25 bits per heavy atom. The van der Waals surface area contributed by atoms with Crippen molar-refractivity contribution in [1.82, 2.24) is 14.5 Å². The lowest BCUT2D eigenvalue weighted by Crippen LogP contribution is -2.31. The van der Waals surface area contributed by atoms with E-state index in [0.717, 1.165) is 25.0 Å². The average molecular weight is 275 g/mol. The molecule has 0 fully saturated rings. The number of hydrogen-bond donors (Lipinski definition) is 1. The van der Waals surface area contributed by atoms with E-state index in [1.807, 2.05) is 10.6 Å². The smallest absolute Gasteiger partial charge is 0.337 e. The molecule has 0 amide bonds. The predicted molar refractivity (Wildman–Crippen MR) is 79.1 cm³/mol. The molecule has 20 heavy (non-hydrogen) atoms. The Kier molecular flexibility index (Phi) is 4.39. The molecule has 0 aliphatic heterocycles. The van der Waals surface area contributed by atoms with Crippen LogP contribution in [-0.4, -0.2) is 45.2 Å². The van der Waals surface area contributed by atoms with Crippen LogP contribution >= 0.6 is 0 Å². The summed E-state index contributed by atoms with van der Waals surface area (Å²) in [5.41, 5.74) is 1.75. The van der Waals surface area contributed by atoms with Gasteiger partial charge in [0.2, 0.25) is 0 Å². The molecule has 0 radical (unpaired) electrons. The molecule has 1 aromatic heterocycles. The summed E-state index contributed by atoms with van der Waals surface area (Å²) >= 11 is 0. The zero-order valence-corrected chi connectivity index (χ0v) is 12.2. The summed E-state index contributed by atoms with van der Waals surface area (Å²) in [5.74, 6) is -0.910. The third kappa shape index (κ3) is 2.82. The van der Waals surface area contributed by atoms with Crippen LogP contribution in [0.15, 0.2) is 24.5 Å². The van der Waals surface area contributed by atoms with E-state index in [2.05, 4.69) is 30.8 Å². The lowest BCUT2D eigenvalue weighted by molar-refractivity contribution is 0.0698. The minimum Gasteiger partial charge on any atom is -0.478 e. The van der Waals surface area contributed by atoms with Crippen LogP contribution in [0.5, 0.6) is 0 Å². The van der Waals surface area contributed by atoms with E-state index in [4.69, 9.17) is 0 Å². The fourth-order valence-corrected chi connectivity index (χ4v) is 2.27.